The molecule has 144 valence electrons. The summed E-state index contributed by atoms with van der Waals surface area (Å²) in [6, 6.07) is 11.0. The van der Waals surface area contributed by atoms with Gasteiger partial charge in [0.15, 0.2) is 18.1 Å². The van der Waals surface area contributed by atoms with E-state index in [1.807, 2.05) is 0 Å². The normalized spacial score (nSPS) is 12.6. The zero-order valence-corrected chi connectivity index (χ0v) is 15.5. The topological polar surface area (TPSA) is 100 Å². The molecule has 0 aliphatic carbocycles. The van der Waals surface area contributed by atoms with Crippen LogP contribution < -0.4 is 18.9 Å². The van der Waals surface area contributed by atoms with E-state index in [1.165, 1.54) is 24.3 Å². The Kier molecular flexibility index (Phi) is 5.82. The van der Waals surface area contributed by atoms with E-state index >= 15 is 0 Å². The lowest BCUT2D eigenvalue weighted by Gasteiger charge is -2.09. The van der Waals surface area contributed by atoms with Crippen molar-refractivity contribution in [2.75, 3.05) is 20.0 Å². The van der Waals surface area contributed by atoms with Crippen molar-refractivity contribution in [2.45, 2.75) is 18.4 Å². The number of benzene rings is 2. The second-order valence-electron chi connectivity index (χ2n) is 5.58. The van der Waals surface area contributed by atoms with Crippen molar-refractivity contribution in [1.29, 1.82) is 0 Å². The third-order valence-corrected chi connectivity index (χ3v) is 5.12. The fourth-order valence-corrected chi connectivity index (χ4v) is 3.39. The van der Waals surface area contributed by atoms with Crippen LogP contribution in [0, 0.1) is 0 Å². The molecule has 0 spiro atoms. The molecule has 2 aromatic carbocycles. The molecule has 0 bridgehead atoms. The SMILES string of the molecule is CCOC(=O)COc1ccc(S(=O)(=O)NCc2ccc3c(c2)OCO3)cc1. The number of fused-ring (bicyclic) bond motifs is 1. The Morgan fingerprint density at radius 2 is 1.85 bits per heavy atom. The van der Waals surface area contributed by atoms with Crippen molar-refractivity contribution in [1.82, 2.24) is 4.72 Å². The quantitative estimate of drug-likeness (QED) is 0.683. The van der Waals surface area contributed by atoms with E-state index in [0.29, 0.717) is 17.2 Å². The number of carbonyl (C=O) groups is 1. The average Bonchev–Trinajstić information content (AvgIpc) is 3.13. The molecule has 0 radical (unpaired) electrons. The van der Waals surface area contributed by atoms with Crippen LogP contribution in [0.15, 0.2) is 47.4 Å². The summed E-state index contributed by atoms with van der Waals surface area (Å²) in [7, 11) is -3.70. The van der Waals surface area contributed by atoms with Crippen LogP contribution in [-0.4, -0.2) is 34.4 Å². The Hall–Kier alpha value is -2.78. The summed E-state index contributed by atoms with van der Waals surface area (Å²) in [5, 5.41) is 0. The number of esters is 1. The first-order valence-corrected chi connectivity index (χ1v) is 9.73. The third-order valence-electron chi connectivity index (χ3n) is 3.70. The van der Waals surface area contributed by atoms with Crippen molar-refractivity contribution in [3.05, 3.63) is 48.0 Å². The molecule has 0 aromatic heterocycles. The van der Waals surface area contributed by atoms with Gasteiger partial charge in [-0.1, -0.05) is 6.07 Å². The number of rotatable bonds is 8. The van der Waals surface area contributed by atoms with Crippen LogP contribution in [0.2, 0.25) is 0 Å². The highest BCUT2D eigenvalue weighted by Gasteiger charge is 2.16. The first kappa shape index (κ1) is 19.0. The Bertz CT molecular complexity index is 910. The summed E-state index contributed by atoms with van der Waals surface area (Å²) in [6.45, 7) is 2.01. The van der Waals surface area contributed by atoms with E-state index < -0.39 is 16.0 Å². The predicted octanol–water partition coefficient (Wildman–Crippen LogP) is 1.84. The van der Waals surface area contributed by atoms with Gasteiger partial charge in [-0.25, -0.2) is 17.9 Å². The molecule has 0 unspecified atom stereocenters. The van der Waals surface area contributed by atoms with Crippen LogP contribution in [0.3, 0.4) is 0 Å². The Morgan fingerprint density at radius 3 is 2.59 bits per heavy atom. The molecule has 0 saturated carbocycles. The van der Waals surface area contributed by atoms with Gasteiger partial charge < -0.3 is 18.9 Å². The van der Waals surface area contributed by atoms with Gasteiger partial charge in [-0.2, -0.15) is 0 Å². The lowest BCUT2D eigenvalue weighted by atomic mass is 10.2. The van der Waals surface area contributed by atoms with Gasteiger partial charge in [0.2, 0.25) is 16.8 Å². The van der Waals surface area contributed by atoms with Crippen molar-refractivity contribution in [3.63, 3.8) is 0 Å². The number of nitrogens with one attached hydrogen (secondary N) is 1. The van der Waals surface area contributed by atoms with Crippen molar-refractivity contribution >= 4 is 16.0 Å². The van der Waals surface area contributed by atoms with Gasteiger partial charge in [0.05, 0.1) is 11.5 Å². The zero-order valence-electron chi connectivity index (χ0n) is 14.6. The summed E-state index contributed by atoms with van der Waals surface area (Å²) < 4.78 is 47.9. The summed E-state index contributed by atoms with van der Waals surface area (Å²) in [5.74, 6) is 1.12. The lowest BCUT2D eigenvalue weighted by molar-refractivity contribution is -0.145. The van der Waals surface area contributed by atoms with E-state index in [0.717, 1.165) is 5.56 Å². The molecule has 8 nitrogen and oxygen atoms in total. The molecule has 9 heteroatoms. The summed E-state index contributed by atoms with van der Waals surface area (Å²) in [6.07, 6.45) is 0. The van der Waals surface area contributed by atoms with Crippen LogP contribution >= 0.6 is 0 Å². The van der Waals surface area contributed by atoms with Crippen LogP contribution in [0.4, 0.5) is 0 Å². The molecule has 2 aromatic rings. The van der Waals surface area contributed by atoms with Crippen LogP contribution in [0.1, 0.15) is 12.5 Å². The molecule has 1 aliphatic rings. The predicted molar refractivity (Wildman–Crippen MR) is 95.2 cm³/mol. The molecular formula is C18H19NO7S. The fourth-order valence-electron chi connectivity index (χ4n) is 2.37. The van der Waals surface area contributed by atoms with E-state index in [4.69, 9.17) is 18.9 Å². The zero-order chi connectivity index (χ0) is 19.3. The molecular weight excluding hydrogens is 374 g/mol. The number of hydrogen-bond donors (Lipinski definition) is 1. The molecule has 0 fully saturated rings. The van der Waals surface area contributed by atoms with E-state index in [9.17, 15) is 13.2 Å². The van der Waals surface area contributed by atoms with Crippen LogP contribution in [0.25, 0.3) is 0 Å². The van der Waals surface area contributed by atoms with Gasteiger partial charge >= 0.3 is 5.97 Å². The fraction of sp³-hybridized carbons (Fsp3) is 0.278. The van der Waals surface area contributed by atoms with E-state index in [-0.39, 0.29) is 31.4 Å². The maximum absolute atomic E-state index is 12.4. The van der Waals surface area contributed by atoms with Gasteiger partial charge in [-0.05, 0) is 48.9 Å². The maximum Gasteiger partial charge on any atom is 0.344 e. The Morgan fingerprint density at radius 1 is 1.11 bits per heavy atom. The van der Waals surface area contributed by atoms with Gasteiger partial charge in [-0.15, -0.1) is 0 Å². The second-order valence-corrected chi connectivity index (χ2v) is 7.34. The first-order valence-electron chi connectivity index (χ1n) is 8.24. The minimum atomic E-state index is -3.70. The van der Waals surface area contributed by atoms with Gasteiger partial charge in [-0.3, -0.25) is 0 Å². The second kappa shape index (κ2) is 8.28. The molecule has 0 amide bonds. The number of ether oxygens (including phenoxy) is 4. The molecule has 0 atom stereocenters. The first-order chi connectivity index (χ1) is 13.0. The highest BCUT2D eigenvalue weighted by Crippen LogP contribution is 2.32. The highest BCUT2D eigenvalue weighted by molar-refractivity contribution is 7.89. The van der Waals surface area contributed by atoms with Crippen LogP contribution in [-0.2, 0) is 26.1 Å². The van der Waals surface area contributed by atoms with Crippen molar-refractivity contribution < 1.29 is 32.2 Å². The molecule has 1 heterocycles. The van der Waals surface area contributed by atoms with Gasteiger partial charge in [0, 0.05) is 6.54 Å². The minimum absolute atomic E-state index is 0.0896. The Balaban J connectivity index is 1.58. The lowest BCUT2D eigenvalue weighted by Crippen LogP contribution is -2.23. The standard InChI is InChI=1S/C18H19NO7S/c1-2-23-18(20)11-24-14-4-6-15(7-5-14)27(21,22)19-10-13-3-8-16-17(9-13)26-12-25-16/h3-9,19H,2,10-12H2,1H3. The molecule has 3 rings (SSSR count). The Labute approximate surface area is 157 Å². The van der Waals surface area contributed by atoms with Crippen molar-refractivity contribution in [2.24, 2.45) is 0 Å². The molecule has 27 heavy (non-hydrogen) atoms. The monoisotopic (exact) mass is 393 g/mol. The summed E-state index contributed by atoms with van der Waals surface area (Å²) >= 11 is 0. The average molecular weight is 393 g/mol. The van der Waals surface area contributed by atoms with Gasteiger partial charge in [0.25, 0.3) is 0 Å². The summed E-state index contributed by atoms with van der Waals surface area (Å²) in [5.41, 5.74) is 0.747. The number of sulfonamides is 1. The number of carbonyl (C=O) groups excluding carboxylic acids is 1. The maximum atomic E-state index is 12.4. The van der Waals surface area contributed by atoms with E-state index in [2.05, 4.69) is 4.72 Å². The minimum Gasteiger partial charge on any atom is -0.482 e. The van der Waals surface area contributed by atoms with E-state index in [1.54, 1.807) is 25.1 Å². The largest absolute Gasteiger partial charge is 0.482 e. The van der Waals surface area contributed by atoms with Crippen LogP contribution in [0.5, 0.6) is 17.2 Å². The highest BCUT2D eigenvalue weighted by atomic mass is 32.2. The van der Waals surface area contributed by atoms with Gasteiger partial charge in [0.1, 0.15) is 5.75 Å². The summed E-state index contributed by atoms with van der Waals surface area (Å²) in [4.78, 5) is 11.4. The third kappa shape index (κ3) is 4.89. The molecule has 1 aliphatic heterocycles. The molecule has 0 saturated heterocycles. The smallest absolute Gasteiger partial charge is 0.344 e. The molecule has 1 N–H and O–H groups in total. The van der Waals surface area contributed by atoms with Crippen molar-refractivity contribution in [3.8, 4) is 17.2 Å². The number of hydrogen-bond acceptors (Lipinski definition) is 7.